The van der Waals surface area contributed by atoms with Gasteiger partial charge < -0.3 is 19.3 Å². The molecule has 0 fully saturated rings. The van der Waals surface area contributed by atoms with Crippen LogP contribution in [0, 0.1) is 0 Å². The van der Waals surface area contributed by atoms with E-state index >= 15 is 0 Å². The Balaban J connectivity index is 1.06. The molecule has 0 atom stereocenters. The molecular weight excluding hydrogens is 544 g/mol. The highest BCUT2D eigenvalue weighted by atomic mass is 32.1. The normalized spacial score (nSPS) is 11.6. The fourth-order valence-electron chi connectivity index (χ4n) is 3.58. The van der Waals surface area contributed by atoms with Crippen LogP contribution in [0.3, 0.4) is 0 Å². The Labute approximate surface area is 243 Å². The fourth-order valence-corrected chi connectivity index (χ4v) is 4.94. The monoisotopic (exact) mass is 580 g/mol. The summed E-state index contributed by atoms with van der Waals surface area (Å²) in [6, 6.07) is 16.1. The Kier molecular flexibility index (Phi) is 11.2. The second kappa shape index (κ2) is 15.3. The number of aryl methyl sites for hydroxylation is 2. The summed E-state index contributed by atoms with van der Waals surface area (Å²) in [7, 11) is 8.02. The molecule has 4 aromatic rings. The molecule has 2 aromatic carbocycles. The maximum absolute atomic E-state index is 5.77. The Hall–Kier alpha value is -3.58. The van der Waals surface area contributed by atoms with Gasteiger partial charge in [-0.15, -0.1) is 0 Å². The van der Waals surface area contributed by atoms with Crippen molar-refractivity contribution in [1.82, 2.24) is 0 Å². The van der Waals surface area contributed by atoms with Gasteiger partial charge in [0.05, 0.1) is 50.8 Å². The van der Waals surface area contributed by atoms with Crippen LogP contribution in [0.5, 0.6) is 0 Å². The summed E-state index contributed by atoms with van der Waals surface area (Å²) >= 11 is 3.12. The van der Waals surface area contributed by atoms with Crippen molar-refractivity contribution >= 4 is 55.7 Å². The van der Waals surface area contributed by atoms with Gasteiger partial charge in [-0.2, -0.15) is 0 Å². The standard InChI is InChI=1S/C28H36N8O2S2/c1-33(25-9-5-23(6-10-25)29-31-27-35(3)15-21-39-27)13-17-37-19-20-38-18-14-34(2)26-11-7-24(8-12-26)30-32-28-36(4)16-22-40-28/h5-12,15-16,21-22H,13-14,17-20H2,1-4H3/q+2. The second-order valence-electron chi connectivity index (χ2n) is 9.09. The fraction of sp³-hybridized carbons (Fsp3) is 0.357. The number of thiazole rings is 2. The van der Waals surface area contributed by atoms with E-state index in [9.17, 15) is 0 Å². The lowest BCUT2D eigenvalue weighted by Gasteiger charge is -2.20. The number of benzene rings is 2. The Morgan fingerprint density at radius 2 is 1.00 bits per heavy atom. The number of ether oxygens (including phenoxy) is 2. The second-order valence-corrected chi connectivity index (χ2v) is 10.8. The van der Waals surface area contributed by atoms with Crippen molar-refractivity contribution in [3.63, 3.8) is 0 Å². The van der Waals surface area contributed by atoms with E-state index in [1.807, 2.05) is 94.9 Å². The lowest BCUT2D eigenvalue weighted by Crippen LogP contribution is -2.24. The van der Waals surface area contributed by atoms with Gasteiger partial charge in [-0.25, -0.2) is 9.13 Å². The van der Waals surface area contributed by atoms with E-state index < -0.39 is 0 Å². The van der Waals surface area contributed by atoms with E-state index in [1.165, 1.54) is 0 Å². The predicted octanol–water partition coefficient (Wildman–Crippen LogP) is 5.90. The first-order valence-corrected chi connectivity index (χ1v) is 14.7. The first kappa shape index (κ1) is 29.4. The summed E-state index contributed by atoms with van der Waals surface area (Å²) in [6.45, 7) is 3.97. The van der Waals surface area contributed by atoms with E-state index in [4.69, 9.17) is 9.47 Å². The van der Waals surface area contributed by atoms with E-state index in [-0.39, 0.29) is 0 Å². The number of azo groups is 2. The third-order valence-electron chi connectivity index (χ3n) is 6.12. The number of nitrogens with zero attached hydrogens (tertiary/aromatic N) is 8. The molecule has 0 spiro atoms. The predicted molar refractivity (Wildman–Crippen MR) is 160 cm³/mol. The van der Waals surface area contributed by atoms with Gasteiger partial charge in [-0.1, -0.05) is 0 Å². The average Bonchev–Trinajstić information content (AvgIpc) is 3.59. The number of hydrogen-bond donors (Lipinski definition) is 0. The van der Waals surface area contributed by atoms with Gasteiger partial charge in [0.1, 0.15) is 23.8 Å². The van der Waals surface area contributed by atoms with Gasteiger partial charge >= 0.3 is 10.3 Å². The SMILES string of the molecule is CN(CCOCCOCCN(C)c1ccc(/N=N/c2scc[n+]2C)cc1)c1ccc(/N=N/c2scc[n+]2C)cc1. The molecule has 2 heterocycles. The molecule has 0 bridgehead atoms. The third kappa shape index (κ3) is 8.98. The zero-order valence-electron chi connectivity index (χ0n) is 23.4. The Morgan fingerprint density at radius 1 is 0.600 bits per heavy atom. The van der Waals surface area contributed by atoms with Crippen LogP contribution < -0.4 is 18.9 Å². The van der Waals surface area contributed by atoms with E-state index in [0.717, 1.165) is 46.1 Å². The molecule has 4 rings (SSSR count). The molecule has 0 aliphatic rings. The zero-order valence-corrected chi connectivity index (χ0v) is 25.0. The van der Waals surface area contributed by atoms with Crippen molar-refractivity contribution in [2.45, 2.75) is 0 Å². The average molecular weight is 581 g/mol. The Bertz CT molecular complexity index is 1260. The van der Waals surface area contributed by atoms with Crippen molar-refractivity contribution < 1.29 is 18.6 Å². The van der Waals surface area contributed by atoms with Crippen LogP contribution in [-0.4, -0.2) is 53.6 Å². The molecule has 0 aliphatic carbocycles. The van der Waals surface area contributed by atoms with Gasteiger partial charge in [0.25, 0.3) is 0 Å². The number of rotatable bonds is 15. The summed E-state index contributed by atoms with van der Waals surface area (Å²) in [4.78, 5) is 4.32. The van der Waals surface area contributed by atoms with Crippen molar-refractivity contribution in [3.05, 3.63) is 71.7 Å². The Morgan fingerprint density at radius 3 is 1.35 bits per heavy atom. The maximum Gasteiger partial charge on any atom is 0.408 e. The minimum absolute atomic E-state index is 0.568. The molecule has 0 aliphatic heterocycles. The summed E-state index contributed by atoms with van der Waals surface area (Å²) in [5.74, 6) is 0. The van der Waals surface area contributed by atoms with E-state index in [1.54, 1.807) is 22.7 Å². The summed E-state index contributed by atoms with van der Waals surface area (Å²) in [5, 5.41) is 22.9. The van der Waals surface area contributed by atoms with Gasteiger partial charge in [-0.3, -0.25) is 0 Å². The van der Waals surface area contributed by atoms with Crippen LogP contribution in [0.15, 0.2) is 92.1 Å². The van der Waals surface area contributed by atoms with Crippen LogP contribution in [0.4, 0.5) is 33.0 Å². The lowest BCUT2D eigenvalue weighted by molar-refractivity contribution is -0.654. The first-order valence-electron chi connectivity index (χ1n) is 13.0. The topological polar surface area (TPSA) is 82.1 Å². The van der Waals surface area contributed by atoms with Crippen LogP contribution in [0.2, 0.25) is 0 Å². The van der Waals surface area contributed by atoms with Crippen molar-refractivity contribution in [1.29, 1.82) is 0 Å². The quantitative estimate of drug-likeness (QED) is 0.0997. The summed E-state index contributed by atoms with van der Waals surface area (Å²) < 4.78 is 15.4. The van der Waals surface area contributed by atoms with Crippen molar-refractivity contribution in [2.75, 3.05) is 63.4 Å². The smallest absolute Gasteiger partial charge is 0.377 e. The molecule has 40 heavy (non-hydrogen) atoms. The van der Waals surface area contributed by atoms with Crippen LogP contribution in [0.1, 0.15) is 0 Å². The van der Waals surface area contributed by atoms with Crippen LogP contribution in [0.25, 0.3) is 0 Å². The van der Waals surface area contributed by atoms with Gasteiger partial charge in [0.2, 0.25) is 0 Å². The minimum Gasteiger partial charge on any atom is -0.377 e. The van der Waals surface area contributed by atoms with Gasteiger partial charge in [0.15, 0.2) is 0 Å². The van der Waals surface area contributed by atoms with Crippen LogP contribution >= 0.6 is 22.7 Å². The van der Waals surface area contributed by atoms with E-state index in [2.05, 4.69) is 44.4 Å². The van der Waals surface area contributed by atoms with Crippen molar-refractivity contribution in [3.8, 4) is 0 Å². The molecule has 12 heteroatoms. The first-order chi connectivity index (χ1) is 19.5. The highest BCUT2D eigenvalue weighted by Crippen LogP contribution is 2.23. The van der Waals surface area contributed by atoms with E-state index in [0.29, 0.717) is 26.4 Å². The summed E-state index contributed by atoms with van der Waals surface area (Å²) in [5.41, 5.74) is 3.87. The molecule has 0 unspecified atom stereocenters. The van der Waals surface area contributed by atoms with Crippen molar-refractivity contribution in [2.24, 2.45) is 34.6 Å². The maximum atomic E-state index is 5.77. The number of anilines is 2. The highest BCUT2D eigenvalue weighted by Gasteiger charge is 2.09. The summed E-state index contributed by atoms with van der Waals surface area (Å²) in [6.07, 6.45) is 3.93. The third-order valence-corrected chi connectivity index (χ3v) is 7.79. The molecule has 0 radical (unpaired) electrons. The number of hydrogen-bond acceptors (Lipinski definition) is 10. The molecule has 0 saturated carbocycles. The molecular formula is C28H36N8O2S2+2. The molecule has 10 nitrogen and oxygen atoms in total. The lowest BCUT2D eigenvalue weighted by atomic mass is 10.2. The van der Waals surface area contributed by atoms with Gasteiger partial charge in [0, 0.05) is 49.3 Å². The largest absolute Gasteiger partial charge is 0.408 e. The highest BCUT2D eigenvalue weighted by molar-refractivity contribution is 7.13. The molecule has 0 amide bonds. The van der Waals surface area contributed by atoms with Crippen LogP contribution in [-0.2, 0) is 23.6 Å². The molecule has 0 saturated heterocycles. The number of likely N-dealkylation sites (N-methyl/N-ethyl adjacent to an activating group) is 2. The number of aromatic nitrogens is 2. The molecule has 2 aromatic heterocycles. The molecule has 210 valence electrons. The zero-order chi connectivity index (χ0) is 28.2. The van der Waals surface area contributed by atoms with Gasteiger partial charge in [-0.05, 0) is 81.4 Å². The molecule has 0 N–H and O–H groups in total. The minimum atomic E-state index is 0.568.